The Hall–Kier alpha value is -3.61. The maximum atomic E-state index is 12.4. The molecule has 0 unspecified atom stereocenters. The Morgan fingerprint density at radius 3 is 2.39 bits per heavy atom. The number of aromatic nitrogens is 1. The molecule has 3 rings (SSSR count). The van der Waals surface area contributed by atoms with Gasteiger partial charge in [-0.1, -0.05) is 18.2 Å². The third-order valence-electron chi connectivity index (χ3n) is 4.46. The number of amides is 2. The van der Waals surface area contributed by atoms with Gasteiger partial charge in [-0.25, -0.2) is 22.5 Å². The lowest BCUT2D eigenvalue weighted by atomic mass is 10.1. The van der Waals surface area contributed by atoms with Gasteiger partial charge in [0.15, 0.2) is 5.13 Å². The van der Waals surface area contributed by atoms with Crippen LogP contribution < -0.4 is 10.6 Å². The highest BCUT2D eigenvalue weighted by Gasteiger charge is 2.19. The van der Waals surface area contributed by atoms with Gasteiger partial charge in [0.1, 0.15) is 0 Å². The van der Waals surface area contributed by atoms with Gasteiger partial charge in [-0.3, -0.25) is 9.59 Å². The molecule has 0 aliphatic carbocycles. The molecule has 1 aromatic heterocycles. The molecule has 0 fully saturated rings. The molecule has 0 atom stereocenters. The first-order valence-electron chi connectivity index (χ1n) is 9.48. The zero-order chi connectivity index (χ0) is 24.2. The van der Waals surface area contributed by atoms with Gasteiger partial charge >= 0.3 is 5.97 Å². The van der Waals surface area contributed by atoms with E-state index < -0.39 is 27.8 Å². The lowest BCUT2D eigenvalue weighted by Crippen LogP contribution is -2.33. The van der Waals surface area contributed by atoms with Gasteiger partial charge < -0.3 is 15.7 Å². The molecule has 3 aromatic rings. The molecule has 2 aromatic carbocycles. The second kappa shape index (κ2) is 9.90. The van der Waals surface area contributed by atoms with E-state index >= 15 is 0 Å². The predicted molar refractivity (Wildman–Crippen MR) is 123 cm³/mol. The topological polar surface area (TPSA) is 146 Å². The van der Waals surface area contributed by atoms with Crippen LogP contribution in [0.1, 0.15) is 20.7 Å². The molecule has 1 heterocycles. The average molecular weight is 489 g/mol. The highest BCUT2D eigenvalue weighted by molar-refractivity contribution is 7.89. The molecule has 10 nitrogen and oxygen atoms in total. The van der Waals surface area contributed by atoms with Crippen LogP contribution in [0.15, 0.2) is 58.8 Å². The first kappa shape index (κ1) is 24.0. The first-order chi connectivity index (χ1) is 15.6. The number of nitrogens with one attached hydrogen (secondary N) is 2. The largest absolute Gasteiger partial charge is 0.478 e. The second-order valence-electron chi connectivity index (χ2n) is 6.97. The van der Waals surface area contributed by atoms with E-state index in [1.807, 2.05) is 0 Å². The van der Waals surface area contributed by atoms with E-state index in [9.17, 15) is 22.8 Å². The summed E-state index contributed by atoms with van der Waals surface area (Å²) in [6, 6.07) is 11.7. The molecular formula is C21H20N4O6S2. The Morgan fingerprint density at radius 1 is 1.06 bits per heavy atom. The lowest BCUT2D eigenvalue weighted by molar-refractivity contribution is -0.115. The second-order valence-corrected chi connectivity index (χ2v) is 9.98. The summed E-state index contributed by atoms with van der Waals surface area (Å²) in [4.78, 5) is 39.8. The summed E-state index contributed by atoms with van der Waals surface area (Å²) < 4.78 is 25.5. The fraction of sp³-hybridized carbons (Fsp3) is 0.143. The molecule has 0 saturated heterocycles. The lowest BCUT2D eigenvalue weighted by Gasteiger charge is -2.12. The molecule has 0 radical (unpaired) electrons. The van der Waals surface area contributed by atoms with Crippen molar-refractivity contribution in [3.63, 3.8) is 0 Å². The minimum absolute atomic E-state index is 0.0312. The molecule has 0 bridgehead atoms. The molecule has 0 spiro atoms. The van der Waals surface area contributed by atoms with Crippen molar-refractivity contribution in [1.82, 2.24) is 14.6 Å². The third-order valence-corrected chi connectivity index (χ3v) is 7.03. The predicted octanol–water partition coefficient (Wildman–Crippen LogP) is 2.13. The zero-order valence-corrected chi connectivity index (χ0v) is 19.2. The van der Waals surface area contributed by atoms with E-state index in [1.165, 1.54) is 61.8 Å². The third kappa shape index (κ3) is 5.80. The summed E-state index contributed by atoms with van der Waals surface area (Å²) in [6.07, 6.45) is 0. The highest BCUT2D eigenvalue weighted by atomic mass is 32.2. The Bertz CT molecular complexity index is 1300. The van der Waals surface area contributed by atoms with Gasteiger partial charge in [0, 0.05) is 30.6 Å². The summed E-state index contributed by atoms with van der Waals surface area (Å²) >= 11 is 1.18. The number of carbonyl (C=O) groups excluding carboxylic acids is 2. The maximum Gasteiger partial charge on any atom is 0.335 e. The number of aromatic carboxylic acids is 1. The van der Waals surface area contributed by atoms with Crippen LogP contribution in [0.2, 0.25) is 0 Å². The first-order valence-corrected chi connectivity index (χ1v) is 11.8. The van der Waals surface area contributed by atoms with Crippen LogP contribution >= 0.6 is 11.3 Å². The SMILES string of the molecule is CN(C)S(=O)(=O)c1cccc(C(=O)NCC(=O)Nc2nc(-c3ccc(C(=O)O)cc3)cs2)c1. The van der Waals surface area contributed by atoms with Crippen molar-refractivity contribution in [2.75, 3.05) is 26.0 Å². The van der Waals surface area contributed by atoms with Crippen molar-refractivity contribution in [2.45, 2.75) is 4.90 Å². The average Bonchev–Trinajstić information content (AvgIpc) is 3.25. The molecule has 0 aliphatic rings. The molecule has 0 aliphatic heterocycles. The molecule has 172 valence electrons. The number of carboxylic acids is 1. The van der Waals surface area contributed by atoms with Gasteiger partial charge in [-0.05, 0) is 30.3 Å². The van der Waals surface area contributed by atoms with Crippen molar-refractivity contribution in [3.05, 3.63) is 65.0 Å². The van der Waals surface area contributed by atoms with Crippen molar-refractivity contribution in [2.24, 2.45) is 0 Å². The quantitative estimate of drug-likeness (QED) is 0.440. The fourth-order valence-corrected chi connectivity index (χ4v) is 4.37. The van der Waals surface area contributed by atoms with E-state index in [2.05, 4.69) is 15.6 Å². The van der Waals surface area contributed by atoms with Gasteiger partial charge in [-0.2, -0.15) is 0 Å². The van der Waals surface area contributed by atoms with E-state index in [4.69, 9.17) is 5.11 Å². The van der Waals surface area contributed by atoms with Crippen LogP contribution in [0.3, 0.4) is 0 Å². The highest BCUT2D eigenvalue weighted by Crippen LogP contribution is 2.25. The zero-order valence-electron chi connectivity index (χ0n) is 17.6. The maximum absolute atomic E-state index is 12.4. The number of nitrogens with zero attached hydrogens (tertiary/aromatic N) is 2. The van der Waals surface area contributed by atoms with Crippen LogP contribution in [-0.2, 0) is 14.8 Å². The molecule has 2 amide bonds. The molecular weight excluding hydrogens is 468 g/mol. The smallest absolute Gasteiger partial charge is 0.335 e. The van der Waals surface area contributed by atoms with Crippen molar-refractivity contribution < 1.29 is 27.9 Å². The van der Waals surface area contributed by atoms with E-state index in [1.54, 1.807) is 17.5 Å². The number of rotatable bonds is 8. The van der Waals surface area contributed by atoms with Gasteiger partial charge in [0.25, 0.3) is 5.91 Å². The van der Waals surface area contributed by atoms with Crippen LogP contribution in [0, 0.1) is 0 Å². The summed E-state index contributed by atoms with van der Waals surface area (Å²) in [5.41, 5.74) is 1.52. The molecule has 3 N–H and O–H groups in total. The van der Waals surface area contributed by atoms with Crippen LogP contribution in [0.25, 0.3) is 11.3 Å². The van der Waals surface area contributed by atoms with Crippen molar-refractivity contribution in [1.29, 1.82) is 0 Å². The van der Waals surface area contributed by atoms with Crippen molar-refractivity contribution in [3.8, 4) is 11.3 Å². The number of hydrogen-bond acceptors (Lipinski definition) is 7. The number of sulfonamides is 1. The minimum Gasteiger partial charge on any atom is -0.478 e. The monoisotopic (exact) mass is 488 g/mol. The Morgan fingerprint density at radius 2 is 1.76 bits per heavy atom. The Kier molecular flexibility index (Phi) is 7.21. The summed E-state index contributed by atoms with van der Waals surface area (Å²) in [6.45, 7) is -0.342. The van der Waals surface area contributed by atoms with Gasteiger partial charge in [0.2, 0.25) is 15.9 Å². The number of anilines is 1. The van der Waals surface area contributed by atoms with Crippen LogP contribution in [0.5, 0.6) is 0 Å². The molecule has 12 heteroatoms. The Balaban J connectivity index is 1.59. The fourth-order valence-electron chi connectivity index (χ4n) is 2.68. The number of carboxylic acid groups (broad SMARTS) is 1. The van der Waals surface area contributed by atoms with Crippen LogP contribution in [-0.4, -0.2) is 61.2 Å². The number of carbonyl (C=O) groups is 3. The van der Waals surface area contributed by atoms with Gasteiger partial charge in [0.05, 0.1) is 22.7 Å². The van der Waals surface area contributed by atoms with Crippen molar-refractivity contribution >= 4 is 44.3 Å². The molecule has 0 saturated carbocycles. The van der Waals surface area contributed by atoms with E-state index in [-0.39, 0.29) is 22.6 Å². The Labute approximate surface area is 193 Å². The normalized spacial score (nSPS) is 11.2. The van der Waals surface area contributed by atoms with E-state index in [0.29, 0.717) is 16.4 Å². The molecule has 33 heavy (non-hydrogen) atoms. The summed E-state index contributed by atoms with van der Waals surface area (Å²) in [5, 5.41) is 16.0. The number of benzene rings is 2. The number of thiazole rings is 1. The summed E-state index contributed by atoms with van der Waals surface area (Å²) in [7, 11) is -0.913. The van der Waals surface area contributed by atoms with Crippen LogP contribution in [0.4, 0.5) is 5.13 Å². The minimum atomic E-state index is -3.69. The summed E-state index contributed by atoms with van der Waals surface area (Å²) in [5.74, 6) is -2.14. The number of hydrogen-bond donors (Lipinski definition) is 3. The van der Waals surface area contributed by atoms with Gasteiger partial charge in [-0.15, -0.1) is 11.3 Å². The van der Waals surface area contributed by atoms with E-state index in [0.717, 1.165) is 4.31 Å². The standard InChI is InChI=1S/C21H20N4O6S2/c1-25(2)33(30,31)16-5-3-4-15(10-16)19(27)22-11-18(26)24-21-23-17(12-32-21)13-6-8-14(9-7-13)20(28)29/h3-10,12H,11H2,1-2H3,(H,22,27)(H,28,29)(H,23,24,26).